The van der Waals surface area contributed by atoms with E-state index < -0.39 is 0 Å². The minimum atomic E-state index is -0.196. The van der Waals surface area contributed by atoms with E-state index in [1.165, 1.54) is 10.0 Å². The number of alkyl halides is 1. The van der Waals surface area contributed by atoms with Gasteiger partial charge in [-0.2, -0.15) is 0 Å². The molecule has 1 aliphatic carbocycles. The third-order valence-electron chi connectivity index (χ3n) is 5.03. The molecule has 1 aromatic heterocycles. The Morgan fingerprint density at radius 3 is 2.66 bits per heavy atom. The monoisotopic (exact) mass is 503 g/mol. The average molecular weight is 503 g/mol. The first-order valence-corrected chi connectivity index (χ1v) is 10.4. The van der Waals surface area contributed by atoms with Gasteiger partial charge in [0.1, 0.15) is 5.75 Å². The summed E-state index contributed by atoms with van der Waals surface area (Å²) in [4.78, 5) is 16.8. The summed E-state index contributed by atoms with van der Waals surface area (Å²) in [6.07, 6.45) is 7.84. The molecule has 2 aromatic rings. The van der Waals surface area contributed by atoms with Crippen LogP contribution in [0.4, 0.5) is 4.79 Å². The van der Waals surface area contributed by atoms with Crippen LogP contribution >= 0.6 is 22.6 Å². The predicted octanol–water partition coefficient (Wildman–Crippen LogP) is 3.68. The Kier molecular flexibility index (Phi) is 5.57. The topological polar surface area (TPSA) is 69.7 Å². The molecule has 1 saturated heterocycles. The van der Waals surface area contributed by atoms with Crippen molar-refractivity contribution < 1.29 is 9.53 Å². The number of allylic oxidation sites excluding steroid dienone is 3. The number of amides is 2. The van der Waals surface area contributed by atoms with Crippen LogP contribution in [0.3, 0.4) is 0 Å². The minimum absolute atomic E-state index is 0.0201. The number of nitrogens with one attached hydrogen (secondary N) is 2. The Labute approximate surface area is 183 Å². The summed E-state index contributed by atoms with van der Waals surface area (Å²) in [5, 5.41) is 2.93. The van der Waals surface area contributed by atoms with Gasteiger partial charge in [0.15, 0.2) is 0 Å². The second kappa shape index (κ2) is 8.13. The van der Waals surface area contributed by atoms with E-state index in [-0.39, 0.29) is 15.4 Å². The van der Waals surface area contributed by atoms with Gasteiger partial charge in [0.05, 0.1) is 18.2 Å². The van der Waals surface area contributed by atoms with Gasteiger partial charge in [-0.1, -0.05) is 40.8 Å². The third-order valence-corrected chi connectivity index (χ3v) is 6.14. The van der Waals surface area contributed by atoms with E-state index in [9.17, 15) is 4.79 Å². The average Bonchev–Trinajstić information content (AvgIpc) is 3.06. The molecule has 4 rings (SSSR count). The molecule has 2 aliphatic rings. The van der Waals surface area contributed by atoms with Crippen molar-refractivity contribution in [2.45, 2.75) is 10.3 Å². The number of carbonyl (C=O) groups excluding carboxylic acids is 1. The van der Waals surface area contributed by atoms with Crippen molar-refractivity contribution >= 4 is 28.6 Å². The van der Waals surface area contributed by atoms with Crippen molar-refractivity contribution in [2.24, 2.45) is 5.92 Å². The number of nitrogens with zero attached hydrogens (tertiary/aromatic N) is 3. The summed E-state index contributed by atoms with van der Waals surface area (Å²) in [5.41, 5.74) is 8.54. The molecular weight excluding hydrogens is 481 g/mol. The van der Waals surface area contributed by atoms with E-state index in [0.29, 0.717) is 6.61 Å². The number of hydrogen-bond donors (Lipinski definition) is 2. The molecule has 1 aliphatic heterocycles. The quantitative estimate of drug-likeness (QED) is 0.482. The third kappa shape index (κ3) is 4.14. The molecule has 2 heterocycles. The van der Waals surface area contributed by atoms with Crippen molar-refractivity contribution in [3.63, 3.8) is 0 Å². The predicted molar refractivity (Wildman–Crippen MR) is 120 cm³/mol. The second-order valence-corrected chi connectivity index (χ2v) is 9.43. The number of urea groups is 1. The van der Waals surface area contributed by atoms with E-state index >= 15 is 0 Å². The number of ether oxygens (including phenoxy) is 1. The lowest BCUT2D eigenvalue weighted by Gasteiger charge is -2.36. The Balaban J connectivity index is 1.49. The van der Waals surface area contributed by atoms with E-state index in [2.05, 4.69) is 51.6 Å². The maximum absolute atomic E-state index is 12.4. The van der Waals surface area contributed by atoms with Crippen molar-refractivity contribution in [3.05, 3.63) is 72.6 Å². The van der Waals surface area contributed by atoms with E-state index in [4.69, 9.17) is 4.74 Å². The van der Waals surface area contributed by atoms with Crippen LogP contribution in [0.2, 0.25) is 0 Å². The first kappa shape index (κ1) is 19.9. The fraction of sp³-hybridized carbons (Fsp3) is 0.238. The van der Waals surface area contributed by atoms with Gasteiger partial charge in [-0.3, -0.25) is 4.98 Å². The molecule has 0 bridgehead atoms. The van der Waals surface area contributed by atoms with Crippen LogP contribution in [0.5, 0.6) is 5.75 Å². The van der Waals surface area contributed by atoms with E-state index in [1.54, 1.807) is 13.2 Å². The fourth-order valence-corrected chi connectivity index (χ4v) is 4.02. The zero-order chi connectivity index (χ0) is 20.4. The van der Waals surface area contributed by atoms with Crippen LogP contribution < -0.4 is 15.8 Å². The van der Waals surface area contributed by atoms with Gasteiger partial charge in [-0.15, -0.1) is 11.1 Å². The van der Waals surface area contributed by atoms with E-state index in [1.807, 2.05) is 54.6 Å². The maximum Gasteiger partial charge on any atom is 0.355 e. The molecule has 2 N–H and O–H groups in total. The zero-order valence-electron chi connectivity index (χ0n) is 16.2. The molecule has 2 atom stereocenters. The number of rotatable bonds is 5. The highest BCUT2D eigenvalue weighted by Gasteiger charge is 2.41. The number of aromatic nitrogens is 1. The molecule has 0 spiro atoms. The lowest BCUT2D eigenvalue weighted by Crippen LogP contribution is -2.45. The van der Waals surface area contributed by atoms with Gasteiger partial charge in [0.2, 0.25) is 0 Å². The fourth-order valence-electron chi connectivity index (χ4n) is 3.32. The van der Waals surface area contributed by atoms with Gasteiger partial charge in [-0.25, -0.2) is 14.8 Å². The largest absolute Gasteiger partial charge is 0.493 e. The Morgan fingerprint density at radius 2 is 2.00 bits per heavy atom. The molecule has 7 nitrogen and oxygen atoms in total. The lowest BCUT2D eigenvalue weighted by molar-refractivity contribution is 0.183. The maximum atomic E-state index is 12.4. The highest BCUT2D eigenvalue weighted by Crippen LogP contribution is 2.39. The number of halogens is 1. The number of benzene rings is 1. The molecule has 2 amide bonds. The summed E-state index contributed by atoms with van der Waals surface area (Å²) in [5.74, 6) is 0.759. The molecule has 0 saturated carbocycles. The summed E-state index contributed by atoms with van der Waals surface area (Å²) >= 11 is 2.41. The molecule has 0 radical (unpaired) electrons. The van der Waals surface area contributed by atoms with Crippen LogP contribution in [0.1, 0.15) is 6.92 Å². The standard InChI is InChI=1S/C21H22IN5O2/c1-21(22)12-5-7-19(27-20(28)26(2)24-25-27)17(21)14-29-16-10-8-15(9-11-16)18-6-3-4-13-23-18/h3-13,17,24-25H,14H2,1-2H3. The molecule has 1 fully saturated rings. The normalized spacial score (nSPS) is 24.0. The van der Waals surface area contributed by atoms with Crippen molar-refractivity contribution in [3.8, 4) is 17.0 Å². The molecule has 29 heavy (non-hydrogen) atoms. The highest BCUT2D eigenvalue weighted by atomic mass is 127. The van der Waals surface area contributed by atoms with Crippen LogP contribution in [0, 0.1) is 5.92 Å². The number of hydrazine groups is 3. The lowest BCUT2D eigenvalue weighted by atomic mass is 9.87. The van der Waals surface area contributed by atoms with Crippen LogP contribution in [-0.2, 0) is 0 Å². The number of pyridine rings is 1. The summed E-state index contributed by atoms with van der Waals surface area (Å²) in [7, 11) is 1.67. The second-order valence-electron chi connectivity index (χ2n) is 7.11. The van der Waals surface area contributed by atoms with Gasteiger partial charge < -0.3 is 4.74 Å². The summed E-state index contributed by atoms with van der Waals surface area (Å²) < 4.78 is 5.93. The number of carbonyl (C=O) groups is 1. The zero-order valence-corrected chi connectivity index (χ0v) is 18.3. The van der Waals surface area contributed by atoms with Crippen molar-refractivity contribution in [1.29, 1.82) is 0 Å². The smallest absolute Gasteiger partial charge is 0.355 e. The Morgan fingerprint density at radius 1 is 1.21 bits per heavy atom. The Bertz CT molecular complexity index is 943. The van der Waals surface area contributed by atoms with Crippen molar-refractivity contribution in [2.75, 3.05) is 13.7 Å². The summed E-state index contributed by atoms with van der Waals surface area (Å²) in [6.45, 7) is 2.57. The summed E-state index contributed by atoms with van der Waals surface area (Å²) in [6, 6.07) is 13.6. The first-order chi connectivity index (χ1) is 14.0. The van der Waals surface area contributed by atoms with Crippen LogP contribution in [-0.4, -0.2) is 38.1 Å². The highest BCUT2D eigenvalue weighted by molar-refractivity contribution is 14.1. The molecule has 150 valence electrons. The molecule has 1 aromatic carbocycles. The molecule has 8 heteroatoms. The van der Waals surface area contributed by atoms with Crippen LogP contribution in [0.25, 0.3) is 11.3 Å². The van der Waals surface area contributed by atoms with Gasteiger partial charge >= 0.3 is 6.03 Å². The van der Waals surface area contributed by atoms with Crippen molar-refractivity contribution in [1.82, 2.24) is 26.1 Å². The van der Waals surface area contributed by atoms with Gasteiger partial charge in [0.25, 0.3) is 0 Å². The minimum Gasteiger partial charge on any atom is -0.493 e. The molecule has 2 unspecified atom stereocenters. The van der Waals surface area contributed by atoms with E-state index in [0.717, 1.165) is 22.7 Å². The molecular formula is C21H22IN5O2. The van der Waals surface area contributed by atoms with Crippen LogP contribution in [0.15, 0.2) is 72.6 Å². The first-order valence-electron chi connectivity index (χ1n) is 9.27. The SMILES string of the molecule is CN1NNN(C2=CC=CC(C)(I)C2COc2ccc(-c3ccccn3)cc2)C1=O. The van der Waals surface area contributed by atoms with Gasteiger partial charge in [0, 0.05) is 27.9 Å². The number of hydrogen-bond acceptors (Lipinski definition) is 5. The van der Waals surface area contributed by atoms with Gasteiger partial charge in [-0.05, 0) is 49.4 Å². The Hall–Kier alpha value is -2.43.